The van der Waals surface area contributed by atoms with Crippen LogP contribution < -0.4 is 4.74 Å². The van der Waals surface area contributed by atoms with Crippen molar-refractivity contribution in [1.29, 1.82) is 0 Å². The van der Waals surface area contributed by atoms with Gasteiger partial charge in [-0.2, -0.15) is 0 Å². The Balaban J connectivity index is 1.89. The van der Waals surface area contributed by atoms with Crippen molar-refractivity contribution in [3.8, 4) is 5.75 Å². The zero-order valence-corrected chi connectivity index (χ0v) is 10.3. The summed E-state index contributed by atoms with van der Waals surface area (Å²) in [5.41, 5.74) is 0. The van der Waals surface area contributed by atoms with Crippen LogP contribution in [0.4, 0.5) is 0 Å². The Bertz CT molecular complexity index is 243. The van der Waals surface area contributed by atoms with Crippen LogP contribution >= 0.6 is 0 Å². The van der Waals surface area contributed by atoms with E-state index in [2.05, 4.69) is 6.92 Å². The quantitative estimate of drug-likeness (QED) is 0.532. The number of ether oxygens (including phenoxy) is 1. The maximum Gasteiger partial charge on any atom is 0.135 e. The molecular weight excluding hydrogens is 196 g/mol. The molecule has 0 aliphatic rings. The molecule has 1 aromatic carbocycles. The Morgan fingerprint density at radius 1 is 0.938 bits per heavy atom. The molecule has 0 fully saturated rings. The highest BCUT2D eigenvalue weighted by molar-refractivity contribution is 5.21. The fraction of sp³-hybridized carbons (Fsp3) is 0.533. The number of rotatable bonds is 9. The molecule has 16 heavy (non-hydrogen) atoms. The lowest BCUT2D eigenvalue weighted by Gasteiger charge is -2.04. The lowest BCUT2D eigenvalue weighted by Crippen LogP contribution is -1.90. The van der Waals surface area contributed by atoms with Crippen LogP contribution in [-0.4, -0.2) is 0 Å². The normalized spacial score (nSPS) is 10.3. The molecule has 1 aromatic rings. The minimum atomic E-state index is 0.938. The van der Waals surface area contributed by atoms with Crippen LogP contribution in [0.15, 0.2) is 30.3 Å². The van der Waals surface area contributed by atoms with Crippen molar-refractivity contribution >= 4 is 0 Å². The summed E-state index contributed by atoms with van der Waals surface area (Å²) in [5.74, 6) is 0.938. The van der Waals surface area contributed by atoms with E-state index in [9.17, 15) is 0 Å². The third-order valence-corrected chi connectivity index (χ3v) is 2.64. The summed E-state index contributed by atoms with van der Waals surface area (Å²) in [6.45, 7) is 4.18. The van der Waals surface area contributed by atoms with E-state index in [1.165, 1.54) is 38.5 Å². The van der Waals surface area contributed by atoms with Crippen molar-refractivity contribution in [2.75, 3.05) is 0 Å². The molecule has 0 amide bonds. The third-order valence-electron chi connectivity index (χ3n) is 2.64. The second kappa shape index (κ2) is 9.26. The Kier molecular flexibility index (Phi) is 7.57. The van der Waals surface area contributed by atoms with E-state index < -0.39 is 0 Å². The minimum absolute atomic E-state index is 0.938. The Morgan fingerprint density at radius 2 is 1.62 bits per heavy atom. The van der Waals surface area contributed by atoms with Gasteiger partial charge in [0.15, 0.2) is 0 Å². The number of para-hydroxylation sites is 1. The van der Waals surface area contributed by atoms with Crippen molar-refractivity contribution in [3.05, 3.63) is 36.9 Å². The Morgan fingerprint density at radius 3 is 2.38 bits per heavy atom. The maximum atomic E-state index is 5.51. The molecule has 89 valence electrons. The largest absolute Gasteiger partial charge is 0.487 e. The highest BCUT2D eigenvalue weighted by Gasteiger charge is 1.93. The standard InChI is InChI=1S/C15H23O/c1-2-3-4-5-6-7-11-14-16-15-12-9-8-10-13-15/h8-10,12-14H,2-7,11H2,1H3. The molecule has 0 saturated heterocycles. The molecular formula is C15H23O. The number of hydrogen-bond acceptors (Lipinski definition) is 1. The van der Waals surface area contributed by atoms with Crippen LogP contribution in [0.2, 0.25) is 0 Å². The zero-order chi connectivity index (χ0) is 11.5. The van der Waals surface area contributed by atoms with Crippen LogP contribution in [0, 0.1) is 6.61 Å². The first-order chi connectivity index (χ1) is 7.93. The van der Waals surface area contributed by atoms with Gasteiger partial charge < -0.3 is 4.74 Å². The molecule has 0 unspecified atom stereocenters. The third kappa shape index (κ3) is 6.49. The van der Waals surface area contributed by atoms with Gasteiger partial charge in [0.1, 0.15) is 12.4 Å². The first-order valence-electron chi connectivity index (χ1n) is 6.47. The second-order valence-electron chi connectivity index (χ2n) is 4.15. The predicted octanol–water partition coefficient (Wildman–Crippen LogP) is 4.98. The molecule has 0 aromatic heterocycles. The number of benzene rings is 1. The molecule has 0 saturated carbocycles. The average Bonchev–Trinajstić information content (AvgIpc) is 2.34. The van der Waals surface area contributed by atoms with Gasteiger partial charge in [-0.15, -0.1) is 0 Å². The zero-order valence-electron chi connectivity index (χ0n) is 10.3. The summed E-state index contributed by atoms with van der Waals surface area (Å²) in [7, 11) is 0. The fourth-order valence-electron chi connectivity index (χ4n) is 1.66. The van der Waals surface area contributed by atoms with Crippen molar-refractivity contribution in [2.45, 2.75) is 51.9 Å². The number of hydrogen-bond donors (Lipinski definition) is 0. The van der Waals surface area contributed by atoms with Gasteiger partial charge in [0.05, 0.1) is 0 Å². The monoisotopic (exact) mass is 219 g/mol. The average molecular weight is 219 g/mol. The van der Waals surface area contributed by atoms with Crippen molar-refractivity contribution in [3.63, 3.8) is 0 Å². The summed E-state index contributed by atoms with van der Waals surface area (Å²) >= 11 is 0. The highest BCUT2D eigenvalue weighted by Crippen LogP contribution is 2.12. The van der Waals surface area contributed by atoms with Crippen LogP contribution in [0.1, 0.15) is 51.9 Å². The molecule has 0 heterocycles. The lowest BCUT2D eigenvalue weighted by molar-refractivity contribution is 0.383. The summed E-state index contributed by atoms with van der Waals surface area (Å²) in [4.78, 5) is 0. The smallest absolute Gasteiger partial charge is 0.135 e. The molecule has 1 radical (unpaired) electrons. The predicted molar refractivity (Wildman–Crippen MR) is 69.4 cm³/mol. The SMILES string of the molecule is CCCCCCCC[CH]Oc1ccccc1. The topological polar surface area (TPSA) is 9.23 Å². The van der Waals surface area contributed by atoms with E-state index in [1.807, 2.05) is 36.9 Å². The van der Waals surface area contributed by atoms with Gasteiger partial charge in [-0.05, 0) is 25.0 Å². The van der Waals surface area contributed by atoms with Gasteiger partial charge in [0.2, 0.25) is 0 Å². The van der Waals surface area contributed by atoms with E-state index in [-0.39, 0.29) is 0 Å². The van der Waals surface area contributed by atoms with Gasteiger partial charge >= 0.3 is 0 Å². The van der Waals surface area contributed by atoms with Crippen LogP contribution in [0.25, 0.3) is 0 Å². The van der Waals surface area contributed by atoms with Gasteiger partial charge in [-0.1, -0.05) is 57.2 Å². The summed E-state index contributed by atoms with van der Waals surface area (Å²) in [5, 5.41) is 0. The van der Waals surface area contributed by atoms with Crippen LogP contribution in [0.3, 0.4) is 0 Å². The maximum absolute atomic E-state index is 5.51. The Hall–Kier alpha value is -0.980. The number of unbranched alkanes of at least 4 members (excludes halogenated alkanes) is 6. The summed E-state index contributed by atoms with van der Waals surface area (Å²) in [6.07, 6.45) is 9.09. The molecule has 0 atom stereocenters. The molecule has 1 heteroatoms. The molecule has 1 rings (SSSR count). The summed E-state index contributed by atoms with van der Waals surface area (Å²) < 4.78 is 5.51. The molecule has 0 aliphatic carbocycles. The first-order valence-corrected chi connectivity index (χ1v) is 6.47. The van der Waals surface area contributed by atoms with E-state index in [0.29, 0.717) is 0 Å². The molecule has 0 aliphatic heterocycles. The van der Waals surface area contributed by atoms with Gasteiger partial charge in [0, 0.05) is 0 Å². The fourth-order valence-corrected chi connectivity index (χ4v) is 1.66. The van der Waals surface area contributed by atoms with Crippen LogP contribution in [-0.2, 0) is 0 Å². The second-order valence-corrected chi connectivity index (χ2v) is 4.15. The summed E-state index contributed by atoms with van der Waals surface area (Å²) in [6, 6.07) is 9.96. The van der Waals surface area contributed by atoms with Gasteiger partial charge in [-0.3, -0.25) is 0 Å². The van der Waals surface area contributed by atoms with E-state index in [4.69, 9.17) is 4.74 Å². The highest BCUT2D eigenvalue weighted by atomic mass is 16.5. The van der Waals surface area contributed by atoms with Crippen molar-refractivity contribution < 1.29 is 4.74 Å². The molecule has 1 nitrogen and oxygen atoms in total. The molecule has 0 N–H and O–H groups in total. The lowest BCUT2D eigenvalue weighted by atomic mass is 10.1. The van der Waals surface area contributed by atoms with Gasteiger partial charge in [0.25, 0.3) is 0 Å². The van der Waals surface area contributed by atoms with Gasteiger partial charge in [-0.25, -0.2) is 0 Å². The molecule has 0 bridgehead atoms. The van der Waals surface area contributed by atoms with E-state index in [1.54, 1.807) is 0 Å². The van der Waals surface area contributed by atoms with Crippen molar-refractivity contribution in [1.82, 2.24) is 0 Å². The van der Waals surface area contributed by atoms with Crippen molar-refractivity contribution in [2.24, 2.45) is 0 Å². The van der Waals surface area contributed by atoms with E-state index >= 15 is 0 Å². The van der Waals surface area contributed by atoms with Crippen LogP contribution in [0.5, 0.6) is 5.75 Å². The first kappa shape index (κ1) is 13.1. The Labute approximate surface area is 99.8 Å². The van der Waals surface area contributed by atoms with E-state index in [0.717, 1.165) is 12.2 Å². The minimum Gasteiger partial charge on any atom is -0.487 e. The molecule has 0 spiro atoms.